The molecule has 1 unspecified atom stereocenters. The molecule has 2 heterocycles. The van der Waals surface area contributed by atoms with E-state index in [2.05, 4.69) is 105 Å². The van der Waals surface area contributed by atoms with Crippen LogP contribution in [0.15, 0.2) is 108 Å². The SMILES string of the molecule is CC1(C)C(=CC2=C(O)C(=CC3Nc4ccc5ccccc5c4C3(C)C)C2=O)Nc2ccc3ccccc3c21. The zero-order valence-corrected chi connectivity index (χ0v) is 22.0. The fourth-order valence-corrected chi connectivity index (χ4v) is 6.58. The van der Waals surface area contributed by atoms with E-state index in [1.54, 1.807) is 0 Å². The van der Waals surface area contributed by atoms with Crippen molar-refractivity contribution in [3.63, 3.8) is 0 Å². The molecule has 4 heteroatoms. The Kier molecular flexibility index (Phi) is 4.58. The first-order valence-corrected chi connectivity index (χ1v) is 13.2. The number of nitrogens with one attached hydrogen (secondary N) is 2. The molecule has 0 radical (unpaired) electrons. The summed E-state index contributed by atoms with van der Waals surface area (Å²) in [7, 11) is 0. The second-order valence-electron chi connectivity index (χ2n) is 11.7. The first-order chi connectivity index (χ1) is 18.2. The molecular weight excluding hydrogens is 468 g/mol. The van der Waals surface area contributed by atoms with Crippen molar-refractivity contribution in [3.8, 4) is 0 Å². The molecule has 0 fully saturated rings. The molecule has 4 aromatic rings. The van der Waals surface area contributed by atoms with Gasteiger partial charge in [-0.3, -0.25) is 4.79 Å². The van der Waals surface area contributed by atoms with E-state index in [0.717, 1.165) is 17.1 Å². The predicted octanol–water partition coefficient (Wildman–Crippen LogP) is 7.67. The Bertz CT molecular complexity index is 1800. The quantitative estimate of drug-likeness (QED) is 0.248. The van der Waals surface area contributed by atoms with E-state index in [9.17, 15) is 9.90 Å². The van der Waals surface area contributed by atoms with E-state index in [-0.39, 0.29) is 28.4 Å². The molecule has 38 heavy (non-hydrogen) atoms. The summed E-state index contributed by atoms with van der Waals surface area (Å²) in [5, 5.41) is 23.0. The molecule has 0 aromatic heterocycles. The van der Waals surface area contributed by atoms with Gasteiger partial charge in [0.1, 0.15) is 5.76 Å². The highest BCUT2D eigenvalue weighted by Crippen LogP contribution is 2.49. The molecule has 3 N–H and O–H groups in total. The summed E-state index contributed by atoms with van der Waals surface area (Å²) < 4.78 is 0. The lowest BCUT2D eigenvalue weighted by atomic mass is 9.75. The summed E-state index contributed by atoms with van der Waals surface area (Å²) in [5.74, 6) is -0.0499. The molecule has 4 aromatic carbocycles. The molecule has 0 saturated carbocycles. The van der Waals surface area contributed by atoms with Gasteiger partial charge in [0.25, 0.3) is 0 Å². The third-order valence-corrected chi connectivity index (χ3v) is 8.78. The number of carbonyl (C=O) groups excluding carboxylic acids is 1. The van der Waals surface area contributed by atoms with Crippen LogP contribution in [0, 0.1) is 0 Å². The molecule has 0 spiro atoms. The molecule has 2 aliphatic heterocycles. The number of hydrogen-bond donors (Lipinski definition) is 3. The van der Waals surface area contributed by atoms with Crippen molar-refractivity contribution in [1.29, 1.82) is 0 Å². The van der Waals surface area contributed by atoms with Gasteiger partial charge in [-0.15, -0.1) is 0 Å². The number of ketones is 1. The van der Waals surface area contributed by atoms with Crippen LogP contribution in [0.1, 0.15) is 38.8 Å². The van der Waals surface area contributed by atoms with Crippen LogP contribution in [0.2, 0.25) is 0 Å². The van der Waals surface area contributed by atoms with E-state index in [0.29, 0.717) is 11.1 Å². The fourth-order valence-electron chi connectivity index (χ4n) is 6.58. The molecule has 1 aliphatic carbocycles. The van der Waals surface area contributed by atoms with Gasteiger partial charge in [-0.2, -0.15) is 0 Å². The number of fused-ring (bicyclic) bond motifs is 6. The Morgan fingerprint density at radius 2 is 1.39 bits per heavy atom. The standard InChI is InChI=1S/C34H30N2O2/c1-33(2)27(35-25-15-13-19-9-5-7-11-21(19)29(25)33)17-23-31(37)24(32(23)38)18-28-34(3,4)30-22-12-8-6-10-20(22)14-16-26(30)36-28/h5-18,27,35-37H,1-4H3. The third-order valence-electron chi connectivity index (χ3n) is 8.78. The highest BCUT2D eigenvalue weighted by atomic mass is 16.3. The fraction of sp³-hybridized carbons (Fsp3) is 0.206. The zero-order valence-electron chi connectivity index (χ0n) is 22.0. The molecule has 7 rings (SSSR count). The smallest absolute Gasteiger partial charge is 0.200 e. The Morgan fingerprint density at radius 1 is 0.789 bits per heavy atom. The Labute approximate surface area is 222 Å². The van der Waals surface area contributed by atoms with E-state index in [1.165, 1.54) is 32.7 Å². The molecule has 1 atom stereocenters. The summed E-state index contributed by atoms with van der Waals surface area (Å²) >= 11 is 0. The zero-order chi connectivity index (χ0) is 26.4. The first-order valence-electron chi connectivity index (χ1n) is 13.2. The van der Waals surface area contributed by atoms with Crippen molar-refractivity contribution in [3.05, 3.63) is 119 Å². The van der Waals surface area contributed by atoms with Crippen molar-refractivity contribution >= 4 is 38.7 Å². The number of carbonyl (C=O) groups is 1. The van der Waals surface area contributed by atoms with Gasteiger partial charge in [0.15, 0.2) is 5.78 Å². The third kappa shape index (κ3) is 3.00. The van der Waals surface area contributed by atoms with Gasteiger partial charge in [0.2, 0.25) is 0 Å². The van der Waals surface area contributed by atoms with Crippen LogP contribution in [0.25, 0.3) is 21.5 Å². The lowest BCUT2D eigenvalue weighted by Gasteiger charge is -2.29. The topological polar surface area (TPSA) is 61.4 Å². The first kappa shape index (κ1) is 22.9. The number of aliphatic hydroxyl groups excluding tert-OH is 1. The monoisotopic (exact) mass is 498 g/mol. The molecular formula is C34H30N2O2. The minimum atomic E-state index is -0.332. The van der Waals surface area contributed by atoms with E-state index < -0.39 is 0 Å². The van der Waals surface area contributed by atoms with Crippen LogP contribution in [0.4, 0.5) is 11.4 Å². The number of benzene rings is 4. The highest BCUT2D eigenvalue weighted by Gasteiger charge is 2.43. The van der Waals surface area contributed by atoms with E-state index in [4.69, 9.17) is 0 Å². The maximum atomic E-state index is 13.4. The number of allylic oxidation sites excluding steroid dienone is 4. The van der Waals surface area contributed by atoms with Crippen molar-refractivity contribution < 1.29 is 9.90 Å². The van der Waals surface area contributed by atoms with Crippen LogP contribution < -0.4 is 10.6 Å². The summed E-state index contributed by atoms with van der Waals surface area (Å²) in [6, 6.07) is 25.1. The second kappa shape index (κ2) is 7.61. The van der Waals surface area contributed by atoms with Crippen molar-refractivity contribution in [2.24, 2.45) is 0 Å². The molecule has 0 bridgehead atoms. The molecule has 3 aliphatic rings. The van der Waals surface area contributed by atoms with Gasteiger partial charge in [0, 0.05) is 27.9 Å². The predicted molar refractivity (Wildman–Crippen MR) is 156 cm³/mol. The van der Waals surface area contributed by atoms with Crippen molar-refractivity contribution in [1.82, 2.24) is 0 Å². The number of hydrogen-bond acceptors (Lipinski definition) is 4. The number of aliphatic hydroxyl groups is 1. The van der Waals surface area contributed by atoms with Crippen LogP contribution in [-0.4, -0.2) is 16.9 Å². The molecule has 0 amide bonds. The molecule has 4 nitrogen and oxygen atoms in total. The van der Waals surface area contributed by atoms with Gasteiger partial charge >= 0.3 is 0 Å². The lowest BCUT2D eigenvalue weighted by Crippen LogP contribution is -2.34. The Morgan fingerprint density at radius 3 is 2.05 bits per heavy atom. The number of anilines is 2. The minimum Gasteiger partial charge on any atom is -0.506 e. The van der Waals surface area contributed by atoms with Crippen molar-refractivity contribution in [2.75, 3.05) is 10.6 Å². The molecule has 188 valence electrons. The summed E-state index contributed by atoms with van der Waals surface area (Å²) in [4.78, 5) is 13.4. The Balaban J connectivity index is 1.24. The average Bonchev–Trinajstić information content (AvgIpc) is 3.33. The van der Waals surface area contributed by atoms with Gasteiger partial charge in [-0.25, -0.2) is 0 Å². The molecule has 0 saturated heterocycles. The largest absolute Gasteiger partial charge is 0.506 e. The maximum absolute atomic E-state index is 13.4. The Hall–Kier alpha value is -4.31. The number of Topliss-reactive ketones (excluding diaryl/α,β-unsaturated/α-hetero) is 1. The normalized spacial score (nSPS) is 22.9. The minimum absolute atomic E-state index is 0.0688. The number of rotatable bonds is 2. The van der Waals surface area contributed by atoms with E-state index >= 15 is 0 Å². The van der Waals surface area contributed by atoms with Gasteiger partial charge in [-0.05, 0) is 57.0 Å². The van der Waals surface area contributed by atoms with Gasteiger partial charge in [-0.1, -0.05) is 88.4 Å². The lowest BCUT2D eigenvalue weighted by molar-refractivity contribution is -0.113. The summed E-state index contributed by atoms with van der Waals surface area (Å²) in [5.41, 5.74) is 5.66. The van der Waals surface area contributed by atoms with Crippen molar-refractivity contribution in [2.45, 2.75) is 44.6 Å². The summed E-state index contributed by atoms with van der Waals surface area (Å²) in [6.07, 6.45) is 3.74. The summed E-state index contributed by atoms with van der Waals surface area (Å²) in [6.45, 7) is 8.71. The van der Waals surface area contributed by atoms with Crippen LogP contribution in [0.3, 0.4) is 0 Å². The van der Waals surface area contributed by atoms with Gasteiger partial charge < -0.3 is 15.7 Å². The average molecular weight is 499 g/mol. The van der Waals surface area contributed by atoms with Gasteiger partial charge in [0.05, 0.1) is 17.2 Å². The van der Waals surface area contributed by atoms with Crippen LogP contribution in [-0.2, 0) is 15.6 Å². The van der Waals surface area contributed by atoms with Crippen LogP contribution >= 0.6 is 0 Å². The maximum Gasteiger partial charge on any atom is 0.200 e. The van der Waals surface area contributed by atoms with E-state index in [1.807, 2.05) is 18.2 Å². The van der Waals surface area contributed by atoms with Crippen LogP contribution in [0.5, 0.6) is 0 Å². The highest BCUT2D eigenvalue weighted by molar-refractivity contribution is 6.21. The second-order valence-corrected chi connectivity index (χ2v) is 11.7.